The van der Waals surface area contributed by atoms with E-state index in [0.29, 0.717) is 11.1 Å². The molecule has 1 fully saturated rings. The first kappa shape index (κ1) is 32.8. The van der Waals surface area contributed by atoms with E-state index in [0.717, 1.165) is 20.8 Å². The van der Waals surface area contributed by atoms with Gasteiger partial charge in [-0.05, 0) is 17.7 Å². The molecule has 1 unspecified atom stereocenters. The Balaban J connectivity index is 2.39. The highest BCUT2D eigenvalue weighted by molar-refractivity contribution is 5.83. The van der Waals surface area contributed by atoms with Crippen LogP contribution in [0.1, 0.15) is 45.7 Å². The average Bonchev–Trinajstić information content (AvgIpc) is 2.88. The average molecular weight is 576 g/mol. The molecule has 2 rings (SSSR count). The van der Waals surface area contributed by atoms with Crippen LogP contribution in [0.4, 0.5) is 0 Å². The lowest BCUT2D eigenvalue weighted by Crippen LogP contribution is -2.62. The van der Waals surface area contributed by atoms with Crippen LogP contribution >= 0.6 is 0 Å². The van der Waals surface area contributed by atoms with Crippen molar-refractivity contribution < 1.29 is 57.2 Å². The van der Waals surface area contributed by atoms with Crippen molar-refractivity contribution in [1.29, 1.82) is 0 Å². The molecule has 13 heteroatoms. The van der Waals surface area contributed by atoms with Gasteiger partial charge in [-0.15, -0.1) is 0 Å². The second kappa shape index (κ2) is 15.4. The van der Waals surface area contributed by atoms with E-state index in [4.69, 9.17) is 28.4 Å². The number of hydrogen-bond donors (Lipinski definition) is 1. The van der Waals surface area contributed by atoms with Crippen molar-refractivity contribution in [3.05, 3.63) is 35.4 Å². The standard InChI is InChI=1S/C28H33NO12/c1-15(30)29-22(28(35)36-6)13-21-9-7-20(8-10-21)11-12-23-25(38-17(3)32)27(40-19(5)34)26(39-18(4)33)24(41-23)14-37-16(2)31/h7-10,22-27H,13-14H2,1-6H3,(H,29,30)/t22?,23-,24+,25+,26+,27+/m0/s1. The molecule has 0 radical (unpaired) electrons. The van der Waals surface area contributed by atoms with Crippen molar-refractivity contribution in [2.75, 3.05) is 13.7 Å². The van der Waals surface area contributed by atoms with Gasteiger partial charge in [-0.25, -0.2) is 4.79 Å². The topological polar surface area (TPSA) is 170 Å². The minimum Gasteiger partial charge on any atom is -0.467 e. The summed E-state index contributed by atoms with van der Waals surface area (Å²) in [6, 6.07) is 5.86. The van der Waals surface area contributed by atoms with Gasteiger partial charge in [0.2, 0.25) is 5.91 Å². The Kier molecular flexibility index (Phi) is 12.3. The number of nitrogens with one attached hydrogen (secondary N) is 1. The minimum absolute atomic E-state index is 0.180. The first-order valence-electron chi connectivity index (χ1n) is 12.6. The van der Waals surface area contributed by atoms with Crippen LogP contribution in [0.15, 0.2) is 24.3 Å². The zero-order valence-electron chi connectivity index (χ0n) is 23.6. The molecule has 1 amide bonds. The third kappa shape index (κ3) is 10.6. The summed E-state index contributed by atoms with van der Waals surface area (Å²) in [5.41, 5.74) is 1.22. The number of benzene rings is 1. The van der Waals surface area contributed by atoms with Gasteiger partial charge in [0.1, 0.15) is 18.8 Å². The van der Waals surface area contributed by atoms with E-state index in [-0.39, 0.29) is 18.9 Å². The van der Waals surface area contributed by atoms with Gasteiger partial charge in [0.15, 0.2) is 24.4 Å². The fraction of sp³-hybridized carbons (Fsp3) is 0.500. The highest BCUT2D eigenvalue weighted by Crippen LogP contribution is 2.29. The summed E-state index contributed by atoms with van der Waals surface area (Å²) in [7, 11) is 1.23. The first-order valence-corrected chi connectivity index (χ1v) is 12.6. The summed E-state index contributed by atoms with van der Waals surface area (Å²) >= 11 is 0. The Morgan fingerprint density at radius 3 is 1.90 bits per heavy atom. The van der Waals surface area contributed by atoms with Gasteiger partial charge >= 0.3 is 29.8 Å². The molecule has 1 aliphatic rings. The molecule has 0 aliphatic carbocycles. The van der Waals surface area contributed by atoms with E-state index in [9.17, 15) is 28.8 Å². The number of methoxy groups -OCH3 is 1. The van der Waals surface area contributed by atoms with Gasteiger partial charge in [0, 0.05) is 46.6 Å². The molecule has 0 bridgehead atoms. The van der Waals surface area contributed by atoms with E-state index in [1.807, 2.05) is 0 Å². The highest BCUT2D eigenvalue weighted by Gasteiger charge is 2.51. The molecule has 1 aliphatic heterocycles. The summed E-state index contributed by atoms with van der Waals surface area (Å²) < 4.78 is 31.9. The number of rotatable bonds is 9. The number of hydrogen-bond acceptors (Lipinski definition) is 12. The second-order valence-electron chi connectivity index (χ2n) is 9.07. The van der Waals surface area contributed by atoms with Crippen LogP contribution in [-0.4, -0.2) is 86.0 Å². The van der Waals surface area contributed by atoms with Crippen molar-refractivity contribution in [2.45, 2.75) is 77.6 Å². The summed E-state index contributed by atoms with van der Waals surface area (Å²) in [6.45, 7) is 5.52. The Morgan fingerprint density at radius 1 is 0.829 bits per heavy atom. The van der Waals surface area contributed by atoms with E-state index >= 15 is 0 Å². The largest absolute Gasteiger partial charge is 0.467 e. The molecule has 0 spiro atoms. The van der Waals surface area contributed by atoms with Gasteiger partial charge in [0.05, 0.1) is 7.11 Å². The first-order chi connectivity index (χ1) is 19.3. The van der Waals surface area contributed by atoms with Gasteiger partial charge in [0.25, 0.3) is 0 Å². The quantitative estimate of drug-likeness (QED) is 0.244. The maximum Gasteiger partial charge on any atom is 0.328 e. The van der Waals surface area contributed by atoms with Crippen LogP contribution in [0.5, 0.6) is 0 Å². The lowest BCUT2D eigenvalue weighted by molar-refractivity contribution is -0.242. The molecular formula is C28H33NO12. The molecule has 13 nitrogen and oxygen atoms in total. The maximum atomic E-state index is 12.0. The molecule has 1 saturated heterocycles. The number of esters is 5. The van der Waals surface area contributed by atoms with Gasteiger partial charge in [-0.3, -0.25) is 24.0 Å². The molecule has 0 aromatic heterocycles. The Morgan fingerprint density at radius 2 is 1.39 bits per heavy atom. The van der Waals surface area contributed by atoms with Crippen molar-refractivity contribution in [1.82, 2.24) is 5.32 Å². The second-order valence-corrected chi connectivity index (χ2v) is 9.07. The molecule has 1 heterocycles. The van der Waals surface area contributed by atoms with E-state index in [1.165, 1.54) is 21.0 Å². The van der Waals surface area contributed by atoms with Crippen LogP contribution in [0.2, 0.25) is 0 Å². The molecule has 1 aromatic carbocycles. The van der Waals surface area contributed by atoms with Gasteiger partial charge < -0.3 is 33.7 Å². The van der Waals surface area contributed by atoms with Gasteiger partial charge in [-0.2, -0.15) is 0 Å². The van der Waals surface area contributed by atoms with Crippen LogP contribution in [0.25, 0.3) is 0 Å². The molecule has 6 atom stereocenters. The molecule has 1 aromatic rings. The zero-order valence-corrected chi connectivity index (χ0v) is 23.6. The number of ether oxygens (including phenoxy) is 6. The Hall–Kier alpha value is -4.44. The van der Waals surface area contributed by atoms with E-state index in [1.54, 1.807) is 24.3 Å². The molecule has 41 heavy (non-hydrogen) atoms. The third-order valence-electron chi connectivity index (χ3n) is 5.61. The Bertz CT molecular complexity index is 1200. The molecular weight excluding hydrogens is 542 g/mol. The summed E-state index contributed by atoms with van der Waals surface area (Å²) in [5, 5.41) is 2.54. The predicted octanol–water partition coefficient (Wildman–Crippen LogP) is 0.384. The maximum absolute atomic E-state index is 12.0. The van der Waals surface area contributed by atoms with Crippen molar-refractivity contribution in [3.63, 3.8) is 0 Å². The zero-order chi connectivity index (χ0) is 30.7. The Labute approximate surface area is 237 Å². The van der Waals surface area contributed by atoms with Crippen LogP contribution < -0.4 is 5.32 Å². The minimum atomic E-state index is -1.32. The van der Waals surface area contributed by atoms with Crippen molar-refractivity contribution >= 4 is 35.8 Å². The molecule has 222 valence electrons. The number of carbonyl (C=O) groups excluding carboxylic acids is 6. The van der Waals surface area contributed by atoms with Crippen LogP contribution in [-0.2, 0) is 63.6 Å². The fourth-order valence-corrected chi connectivity index (χ4v) is 4.04. The normalized spacial score (nSPS) is 22.0. The highest BCUT2D eigenvalue weighted by atomic mass is 16.7. The number of carbonyl (C=O) groups is 6. The predicted molar refractivity (Wildman–Crippen MR) is 139 cm³/mol. The fourth-order valence-electron chi connectivity index (χ4n) is 4.04. The molecule has 1 N–H and O–H groups in total. The van der Waals surface area contributed by atoms with Crippen LogP contribution in [0.3, 0.4) is 0 Å². The summed E-state index contributed by atoms with van der Waals surface area (Å²) in [5.74, 6) is 1.93. The summed E-state index contributed by atoms with van der Waals surface area (Å²) in [6.07, 6.45) is -5.99. The van der Waals surface area contributed by atoms with E-state index in [2.05, 4.69) is 17.2 Å². The van der Waals surface area contributed by atoms with Crippen molar-refractivity contribution in [3.8, 4) is 11.8 Å². The van der Waals surface area contributed by atoms with E-state index < -0.39 is 66.4 Å². The summed E-state index contributed by atoms with van der Waals surface area (Å²) in [4.78, 5) is 70.6. The lowest BCUT2D eigenvalue weighted by Gasteiger charge is -2.42. The monoisotopic (exact) mass is 575 g/mol. The van der Waals surface area contributed by atoms with Crippen molar-refractivity contribution in [2.24, 2.45) is 0 Å². The van der Waals surface area contributed by atoms with Crippen LogP contribution in [0, 0.1) is 11.8 Å². The third-order valence-corrected chi connectivity index (χ3v) is 5.61. The smallest absolute Gasteiger partial charge is 0.328 e. The number of amides is 1. The SMILES string of the molecule is COC(=O)C(Cc1ccc(C#C[C@@H]2O[C@H](COC(C)=O)[C@@H](OC(C)=O)[C@H](OC(C)=O)[C@@H]2OC(C)=O)cc1)NC(C)=O. The van der Waals surface area contributed by atoms with Gasteiger partial charge in [-0.1, -0.05) is 24.0 Å². The lowest BCUT2D eigenvalue weighted by atomic mass is 9.94. The molecule has 0 saturated carbocycles.